The number of halogens is 3. The van der Waals surface area contributed by atoms with Crippen molar-refractivity contribution in [3.05, 3.63) is 58.6 Å². The van der Waals surface area contributed by atoms with E-state index < -0.39 is 6.61 Å². The molecule has 2 amide bonds. The lowest BCUT2D eigenvalue weighted by molar-refractivity contribution is -0.116. The number of rotatable bonds is 7. The molecule has 27 heavy (non-hydrogen) atoms. The molecule has 0 aliphatic carbocycles. The molecule has 2 aromatic carbocycles. The number of ether oxygens (including phenoxy) is 1. The Hall–Kier alpha value is -2.67. The largest absolute Gasteiger partial charge is 0.435 e. The average molecular weight is 397 g/mol. The third kappa shape index (κ3) is 6.21. The first-order valence-electron chi connectivity index (χ1n) is 8.11. The minimum Gasteiger partial charge on any atom is -0.435 e. The number of nitrogens with zero attached hydrogens (tertiary/aromatic N) is 1. The summed E-state index contributed by atoms with van der Waals surface area (Å²) in [6.07, 6.45) is 0.575. The van der Waals surface area contributed by atoms with Crippen LogP contribution < -0.4 is 10.1 Å². The Morgan fingerprint density at radius 2 is 1.81 bits per heavy atom. The van der Waals surface area contributed by atoms with Gasteiger partial charge in [-0.2, -0.15) is 8.78 Å². The molecule has 144 valence electrons. The Labute approximate surface area is 160 Å². The van der Waals surface area contributed by atoms with E-state index in [9.17, 15) is 18.4 Å². The fraction of sp³-hybridized carbons (Fsp3) is 0.263. The number of benzene rings is 2. The summed E-state index contributed by atoms with van der Waals surface area (Å²) in [5.41, 5.74) is 1.57. The maximum absolute atomic E-state index is 12.2. The zero-order valence-corrected chi connectivity index (χ0v) is 15.6. The molecule has 0 radical (unpaired) electrons. The van der Waals surface area contributed by atoms with E-state index in [0.717, 1.165) is 5.56 Å². The molecule has 0 saturated heterocycles. The Morgan fingerprint density at radius 3 is 2.41 bits per heavy atom. The van der Waals surface area contributed by atoms with E-state index in [1.54, 1.807) is 38.4 Å². The molecule has 0 aromatic heterocycles. The van der Waals surface area contributed by atoms with E-state index in [0.29, 0.717) is 22.7 Å². The molecule has 0 atom stereocenters. The first-order chi connectivity index (χ1) is 12.8. The predicted octanol–water partition coefficient (Wildman–Crippen LogP) is 4.21. The number of nitrogens with one attached hydrogen (secondary N) is 1. The molecule has 0 unspecified atom stereocenters. The zero-order chi connectivity index (χ0) is 20.0. The van der Waals surface area contributed by atoms with Gasteiger partial charge in [0.2, 0.25) is 5.91 Å². The van der Waals surface area contributed by atoms with Crippen LogP contribution >= 0.6 is 11.6 Å². The molecule has 0 fully saturated rings. The van der Waals surface area contributed by atoms with Crippen molar-refractivity contribution in [1.82, 2.24) is 4.90 Å². The molecule has 0 heterocycles. The summed E-state index contributed by atoms with van der Waals surface area (Å²) in [6.45, 7) is -2.87. The number of amides is 2. The van der Waals surface area contributed by atoms with Crippen molar-refractivity contribution in [3.63, 3.8) is 0 Å². The number of carbonyl (C=O) groups is 2. The lowest BCUT2D eigenvalue weighted by atomic mass is 10.1. The third-order valence-corrected chi connectivity index (χ3v) is 4.01. The maximum atomic E-state index is 12.2. The summed E-state index contributed by atoms with van der Waals surface area (Å²) in [7, 11) is 3.26. The highest BCUT2D eigenvalue weighted by Crippen LogP contribution is 2.24. The van der Waals surface area contributed by atoms with Crippen molar-refractivity contribution in [3.8, 4) is 5.75 Å². The number of hydrogen-bond acceptors (Lipinski definition) is 3. The summed E-state index contributed by atoms with van der Waals surface area (Å²) in [5, 5.41) is 3.01. The van der Waals surface area contributed by atoms with Gasteiger partial charge in [0.05, 0.1) is 10.7 Å². The van der Waals surface area contributed by atoms with Gasteiger partial charge in [0.15, 0.2) is 0 Å². The van der Waals surface area contributed by atoms with Crippen LogP contribution in [0.5, 0.6) is 5.75 Å². The standard InChI is InChI=1S/C19H19ClF2N2O3/c1-24(2)18(26)13-6-9-15(20)16(11-13)23-17(25)10-5-12-3-7-14(8-4-12)27-19(21)22/h3-4,6-9,11,19H,5,10H2,1-2H3,(H,23,25). The van der Waals surface area contributed by atoms with Crippen LogP contribution in [-0.2, 0) is 11.2 Å². The number of hydrogen-bond donors (Lipinski definition) is 1. The van der Waals surface area contributed by atoms with E-state index in [1.165, 1.54) is 23.1 Å². The van der Waals surface area contributed by atoms with Crippen molar-refractivity contribution in [2.24, 2.45) is 0 Å². The predicted molar refractivity (Wildman–Crippen MR) is 99.5 cm³/mol. The van der Waals surface area contributed by atoms with Crippen LogP contribution in [-0.4, -0.2) is 37.4 Å². The van der Waals surface area contributed by atoms with E-state index in [-0.39, 0.29) is 24.0 Å². The summed E-state index contributed by atoms with van der Waals surface area (Å²) < 4.78 is 28.5. The molecule has 0 bridgehead atoms. The fourth-order valence-corrected chi connectivity index (χ4v) is 2.49. The quantitative estimate of drug-likeness (QED) is 0.762. The molecule has 0 spiro atoms. The lowest BCUT2D eigenvalue weighted by Crippen LogP contribution is -2.22. The number of anilines is 1. The maximum Gasteiger partial charge on any atom is 0.387 e. The summed E-state index contributed by atoms with van der Waals surface area (Å²) in [5.74, 6) is -0.417. The van der Waals surface area contributed by atoms with Gasteiger partial charge in [-0.15, -0.1) is 0 Å². The molecule has 0 aliphatic heterocycles. The van der Waals surface area contributed by atoms with Crippen LogP contribution in [0.4, 0.5) is 14.5 Å². The van der Waals surface area contributed by atoms with Crippen LogP contribution in [0.2, 0.25) is 5.02 Å². The van der Waals surface area contributed by atoms with Crippen molar-refractivity contribution in [2.45, 2.75) is 19.5 Å². The molecule has 5 nitrogen and oxygen atoms in total. The second-order valence-electron chi connectivity index (χ2n) is 5.96. The van der Waals surface area contributed by atoms with Gasteiger partial charge in [0, 0.05) is 26.1 Å². The highest BCUT2D eigenvalue weighted by atomic mass is 35.5. The minimum absolute atomic E-state index is 0.0624. The Balaban J connectivity index is 1.95. The van der Waals surface area contributed by atoms with E-state index >= 15 is 0 Å². The van der Waals surface area contributed by atoms with Crippen LogP contribution in [0.3, 0.4) is 0 Å². The SMILES string of the molecule is CN(C)C(=O)c1ccc(Cl)c(NC(=O)CCc2ccc(OC(F)F)cc2)c1. The highest BCUT2D eigenvalue weighted by molar-refractivity contribution is 6.33. The van der Waals surface area contributed by atoms with Gasteiger partial charge in [0.25, 0.3) is 5.91 Å². The van der Waals surface area contributed by atoms with E-state index in [1.807, 2.05) is 0 Å². The van der Waals surface area contributed by atoms with Crippen molar-refractivity contribution in [1.29, 1.82) is 0 Å². The highest BCUT2D eigenvalue weighted by Gasteiger charge is 2.13. The van der Waals surface area contributed by atoms with Crippen molar-refractivity contribution >= 4 is 29.1 Å². The van der Waals surface area contributed by atoms with Gasteiger partial charge in [-0.25, -0.2) is 0 Å². The van der Waals surface area contributed by atoms with Crippen LogP contribution in [0.1, 0.15) is 22.3 Å². The fourth-order valence-electron chi connectivity index (χ4n) is 2.32. The summed E-state index contributed by atoms with van der Waals surface area (Å²) in [4.78, 5) is 25.6. The van der Waals surface area contributed by atoms with Gasteiger partial charge in [-0.3, -0.25) is 9.59 Å². The molecule has 2 aromatic rings. The van der Waals surface area contributed by atoms with Gasteiger partial charge in [0.1, 0.15) is 5.75 Å². The summed E-state index contributed by atoms with van der Waals surface area (Å²) in [6, 6.07) is 10.7. The molecule has 1 N–H and O–H groups in total. The van der Waals surface area contributed by atoms with Crippen molar-refractivity contribution < 1.29 is 23.1 Å². The molecule has 0 aliphatic rings. The first kappa shape index (κ1) is 20.6. The Kier molecular flexibility index (Phi) is 7.12. The third-order valence-electron chi connectivity index (χ3n) is 3.68. The zero-order valence-electron chi connectivity index (χ0n) is 14.8. The topological polar surface area (TPSA) is 58.6 Å². The van der Waals surface area contributed by atoms with Gasteiger partial charge < -0.3 is 15.0 Å². The molecular weight excluding hydrogens is 378 g/mol. The van der Waals surface area contributed by atoms with Crippen LogP contribution in [0.15, 0.2) is 42.5 Å². The monoisotopic (exact) mass is 396 g/mol. The van der Waals surface area contributed by atoms with Gasteiger partial charge >= 0.3 is 6.61 Å². The first-order valence-corrected chi connectivity index (χ1v) is 8.49. The Bertz CT molecular complexity index is 811. The lowest BCUT2D eigenvalue weighted by Gasteiger charge is -2.13. The smallest absolute Gasteiger partial charge is 0.387 e. The van der Waals surface area contributed by atoms with Crippen LogP contribution in [0.25, 0.3) is 0 Å². The minimum atomic E-state index is -2.87. The second kappa shape index (κ2) is 9.32. The number of alkyl halides is 2. The van der Waals surface area contributed by atoms with E-state index in [2.05, 4.69) is 10.1 Å². The van der Waals surface area contributed by atoms with Crippen LogP contribution in [0, 0.1) is 0 Å². The molecule has 2 rings (SSSR count). The second-order valence-corrected chi connectivity index (χ2v) is 6.37. The molecule has 8 heteroatoms. The number of aryl methyl sites for hydroxylation is 1. The molecular formula is C19H19ClF2N2O3. The normalized spacial score (nSPS) is 10.6. The van der Waals surface area contributed by atoms with E-state index in [4.69, 9.17) is 11.6 Å². The summed E-state index contributed by atoms with van der Waals surface area (Å²) >= 11 is 6.09. The molecule has 0 saturated carbocycles. The number of carbonyl (C=O) groups excluding carboxylic acids is 2. The Morgan fingerprint density at radius 1 is 1.15 bits per heavy atom. The van der Waals surface area contributed by atoms with Crippen molar-refractivity contribution in [2.75, 3.05) is 19.4 Å². The average Bonchev–Trinajstić information content (AvgIpc) is 2.62. The van der Waals surface area contributed by atoms with Gasteiger partial charge in [-0.1, -0.05) is 23.7 Å². The van der Waals surface area contributed by atoms with Gasteiger partial charge in [-0.05, 0) is 42.3 Å².